The summed E-state index contributed by atoms with van der Waals surface area (Å²) >= 11 is 7.85. The fourth-order valence-electron chi connectivity index (χ4n) is 3.12. The number of hydrogen-bond acceptors (Lipinski definition) is 4. The molecule has 5 heteroatoms. The Kier molecular flexibility index (Phi) is 5.66. The lowest BCUT2D eigenvalue weighted by molar-refractivity contribution is 0.246. The van der Waals surface area contributed by atoms with Crippen LogP contribution in [-0.2, 0) is 6.54 Å². The van der Waals surface area contributed by atoms with Crippen molar-refractivity contribution >= 4 is 34.2 Å². The second kappa shape index (κ2) is 7.71. The molecule has 120 valence electrons. The minimum atomic E-state index is 0.729. The molecule has 0 saturated carbocycles. The highest BCUT2D eigenvalue weighted by molar-refractivity contribution is 8.14. The largest absolute Gasteiger partial charge is 0.335 e. The quantitative estimate of drug-likeness (QED) is 0.794. The predicted molar refractivity (Wildman–Crippen MR) is 98.2 cm³/mol. The van der Waals surface area contributed by atoms with Gasteiger partial charge in [-0.25, -0.2) is 0 Å². The minimum absolute atomic E-state index is 0.729. The molecule has 1 aromatic rings. The molecule has 0 aromatic heterocycles. The van der Waals surface area contributed by atoms with Crippen LogP contribution in [0.1, 0.15) is 38.2 Å². The maximum atomic E-state index is 6.01. The van der Waals surface area contributed by atoms with Crippen LogP contribution in [0.15, 0.2) is 23.2 Å². The Bertz CT molecular complexity index is 541. The zero-order chi connectivity index (χ0) is 15.4. The van der Waals surface area contributed by atoms with E-state index in [-0.39, 0.29) is 0 Å². The van der Waals surface area contributed by atoms with Gasteiger partial charge in [-0.1, -0.05) is 23.4 Å². The van der Waals surface area contributed by atoms with Crippen molar-refractivity contribution in [2.24, 2.45) is 4.99 Å². The summed E-state index contributed by atoms with van der Waals surface area (Å²) in [5.41, 5.74) is 2.33. The molecule has 0 bridgehead atoms. The second-order valence-electron chi connectivity index (χ2n) is 6.13. The van der Waals surface area contributed by atoms with Crippen LogP contribution in [0.25, 0.3) is 0 Å². The predicted octanol–water partition coefficient (Wildman–Crippen LogP) is 4.62. The Labute approximate surface area is 142 Å². The van der Waals surface area contributed by atoms with Crippen LogP contribution in [-0.4, -0.2) is 35.0 Å². The van der Waals surface area contributed by atoms with Gasteiger partial charge in [-0.15, -0.1) is 0 Å². The number of halogens is 1. The summed E-state index contributed by atoms with van der Waals surface area (Å²) in [7, 11) is 0. The van der Waals surface area contributed by atoms with E-state index in [0.717, 1.165) is 34.2 Å². The molecule has 1 N–H and O–H groups in total. The zero-order valence-corrected chi connectivity index (χ0v) is 14.7. The summed E-state index contributed by atoms with van der Waals surface area (Å²) in [6, 6.07) is 6.69. The molecule has 2 aliphatic heterocycles. The first kappa shape index (κ1) is 16.2. The summed E-state index contributed by atoms with van der Waals surface area (Å²) in [5.74, 6) is 1.13. The van der Waals surface area contributed by atoms with Crippen molar-refractivity contribution in [1.29, 1.82) is 0 Å². The highest BCUT2D eigenvalue weighted by Crippen LogP contribution is 2.27. The number of rotatable bonds is 5. The number of nitrogens with one attached hydrogen (secondary N) is 1. The molecular weight excluding hydrogens is 314 g/mol. The number of thioether (sulfide) groups is 1. The van der Waals surface area contributed by atoms with Crippen molar-refractivity contribution in [2.45, 2.75) is 45.2 Å². The maximum absolute atomic E-state index is 6.01. The van der Waals surface area contributed by atoms with Crippen molar-refractivity contribution in [3.8, 4) is 0 Å². The van der Waals surface area contributed by atoms with Gasteiger partial charge in [0.25, 0.3) is 0 Å². The molecule has 0 spiro atoms. The third-order valence-electron chi connectivity index (χ3n) is 4.47. The number of hydrogen-bond donors (Lipinski definition) is 1. The van der Waals surface area contributed by atoms with Crippen LogP contribution in [0.3, 0.4) is 0 Å². The van der Waals surface area contributed by atoms with Gasteiger partial charge in [0.2, 0.25) is 0 Å². The molecule has 1 aromatic carbocycles. The van der Waals surface area contributed by atoms with Gasteiger partial charge >= 0.3 is 0 Å². The number of likely N-dealkylation sites (tertiary alicyclic amines) is 1. The Hall–Kier alpha value is -0.710. The van der Waals surface area contributed by atoms with Gasteiger partial charge in [-0.2, -0.15) is 0 Å². The normalized spacial score (nSPS) is 19.5. The van der Waals surface area contributed by atoms with Crippen LogP contribution in [0, 0.1) is 0 Å². The molecule has 0 radical (unpaired) electrons. The minimum Gasteiger partial charge on any atom is -0.335 e. The van der Waals surface area contributed by atoms with Gasteiger partial charge < -0.3 is 10.2 Å². The van der Waals surface area contributed by atoms with Gasteiger partial charge in [0.1, 0.15) is 0 Å². The maximum Gasteiger partial charge on any atom is 0.161 e. The number of nitrogens with zero attached hydrogens (tertiary/aromatic N) is 2. The molecule has 1 fully saturated rings. The number of fused-ring (bicyclic) bond motifs is 1. The third-order valence-corrected chi connectivity index (χ3v) is 5.70. The van der Waals surface area contributed by atoms with Crippen LogP contribution in [0.5, 0.6) is 0 Å². The first-order chi connectivity index (χ1) is 10.7. The van der Waals surface area contributed by atoms with Crippen LogP contribution < -0.4 is 5.32 Å². The average Bonchev–Trinajstić information content (AvgIpc) is 3.06. The molecule has 22 heavy (non-hydrogen) atoms. The SMILES string of the molecule is CC(CCCSC1=NCc2cc(Cl)ccc2N1)N1CCCC1. The smallest absolute Gasteiger partial charge is 0.161 e. The van der Waals surface area contributed by atoms with Gasteiger partial charge in [-0.3, -0.25) is 4.99 Å². The summed E-state index contributed by atoms with van der Waals surface area (Å²) in [6.45, 7) is 5.69. The molecule has 0 aliphatic carbocycles. The number of anilines is 1. The lowest BCUT2D eigenvalue weighted by Crippen LogP contribution is -2.30. The van der Waals surface area contributed by atoms with E-state index >= 15 is 0 Å². The van der Waals surface area contributed by atoms with E-state index < -0.39 is 0 Å². The van der Waals surface area contributed by atoms with Crippen LogP contribution in [0.4, 0.5) is 5.69 Å². The molecule has 1 saturated heterocycles. The Morgan fingerprint density at radius 2 is 2.18 bits per heavy atom. The average molecular weight is 338 g/mol. The Morgan fingerprint density at radius 1 is 1.36 bits per heavy atom. The van der Waals surface area contributed by atoms with Crippen LogP contribution >= 0.6 is 23.4 Å². The third kappa shape index (κ3) is 4.18. The summed E-state index contributed by atoms with van der Waals surface area (Å²) in [5, 5.41) is 5.24. The lowest BCUT2D eigenvalue weighted by Gasteiger charge is -2.23. The van der Waals surface area contributed by atoms with Crippen LogP contribution in [0.2, 0.25) is 5.02 Å². The zero-order valence-electron chi connectivity index (χ0n) is 13.1. The fourth-order valence-corrected chi connectivity index (χ4v) is 4.16. The molecule has 2 aliphatic rings. The first-order valence-corrected chi connectivity index (χ1v) is 9.55. The number of aliphatic imine (C=N–C) groups is 1. The topological polar surface area (TPSA) is 27.6 Å². The highest BCUT2D eigenvalue weighted by Gasteiger charge is 2.17. The molecule has 2 heterocycles. The summed E-state index contributed by atoms with van der Waals surface area (Å²) in [4.78, 5) is 7.23. The number of amidine groups is 1. The lowest BCUT2D eigenvalue weighted by atomic mass is 10.1. The van der Waals surface area contributed by atoms with E-state index in [1.54, 1.807) is 0 Å². The van der Waals surface area contributed by atoms with Crippen molar-refractivity contribution in [3.63, 3.8) is 0 Å². The van der Waals surface area contributed by atoms with Gasteiger partial charge in [0.05, 0.1) is 6.54 Å². The van der Waals surface area contributed by atoms with E-state index in [9.17, 15) is 0 Å². The summed E-state index contributed by atoms with van der Waals surface area (Å²) < 4.78 is 0. The van der Waals surface area contributed by atoms with E-state index in [1.807, 2.05) is 30.0 Å². The monoisotopic (exact) mass is 337 g/mol. The van der Waals surface area contributed by atoms with Gasteiger partial charge in [-0.05, 0) is 69.5 Å². The van der Waals surface area contributed by atoms with Crippen molar-refractivity contribution in [1.82, 2.24) is 4.90 Å². The Balaban J connectivity index is 1.39. The molecule has 1 unspecified atom stereocenters. The van der Waals surface area contributed by atoms with E-state index in [1.165, 1.54) is 44.3 Å². The second-order valence-corrected chi connectivity index (χ2v) is 7.65. The summed E-state index contributed by atoms with van der Waals surface area (Å²) in [6.07, 6.45) is 5.29. The number of benzene rings is 1. The molecule has 0 amide bonds. The fraction of sp³-hybridized carbons (Fsp3) is 0.588. The molecule has 1 atom stereocenters. The van der Waals surface area contributed by atoms with E-state index in [0.29, 0.717) is 0 Å². The van der Waals surface area contributed by atoms with Crippen molar-refractivity contribution in [3.05, 3.63) is 28.8 Å². The Morgan fingerprint density at radius 3 is 3.00 bits per heavy atom. The standard InChI is InChI=1S/C17H24ClN3S/c1-13(21-8-2-3-9-21)5-4-10-22-17-19-12-14-11-15(18)6-7-16(14)20-17/h6-7,11,13H,2-5,8-10,12H2,1H3,(H,19,20). The van der Waals surface area contributed by atoms with Crippen molar-refractivity contribution < 1.29 is 0 Å². The van der Waals surface area contributed by atoms with E-state index in [4.69, 9.17) is 11.6 Å². The first-order valence-electron chi connectivity index (χ1n) is 8.19. The van der Waals surface area contributed by atoms with E-state index in [2.05, 4.69) is 22.1 Å². The molecule has 3 rings (SSSR count). The van der Waals surface area contributed by atoms with Gasteiger partial charge in [0.15, 0.2) is 5.17 Å². The highest BCUT2D eigenvalue weighted by atomic mass is 35.5. The molecule has 3 nitrogen and oxygen atoms in total. The van der Waals surface area contributed by atoms with Gasteiger partial charge in [0, 0.05) is 22.5 Å². The molecular formula is C17H24ClN3S. The van der Waals surface area contributed by atoms with Crippen molar-refractivity contribution in [2.75, 3.05) is 24.2 Å².